The Kier molecular flexibility index (Phi) is 6.48. The molecule has 0 fully saturated rings. The zero-order valence-corrected chi connectivity index (χ0v) is 6.93. The molecule has 0 saturated carbocycles. The number of rotatable bonds is 5. The van der Waals surface area contributed by atoms with Crippen LogP contribution in [0.4, 0.5) is 4.79 Å². The summed E-state index contributed by atoms with van der Waals surface area (Å²) in [5.41, 5.74) is 0. The van der Waals surface area contributed by atoms with E-state index in [1.165, 1.54) is 7.11 Å². The molecule has 11 heavy (non-hydrogen) atoms. The lowest BCUT2D eigenvalue weighted by Crippen LogP contribution is -2.23. The number of methoxy groups -OCH3 is 1. The molecule has 3 heteroatoms. The smallest absolute Gasteiger partial charge is 0.406 e. The van der Waals surface area contributed by atoms with Crippen molar-refractivity contribution in [3.63, 3.8) is 0 Å². The van der Waals surface area contributed by atoms with E-state index in [0.717, 1.165) is 19.3 Å². The Morgan fingerprint density at radius 1 is 1.64 bits per heavy atom. The van der Waals surface area contributed by atoms with Gasteiger partial charge in [-0.05, 0) is 19.3 Å². The third kappa shape index (κ3) is 6.90. The monoisotopic (exact) mass is 157 g/mol. The molecule has 3 nitrogen and oxygen atoms in total. The van der Waals surface area contributed by atoms with Crippen molar-refractivity contribution in [1.82, 2.24) is 5.32 Å². The van der Waals surface area contributed by atoms with Gasteiger partial charge in [0, 0.05) is 6.54 Å². The van der Waals surface area contributed by atoms with Crippen molar-refractivity contribution in [2.75, 3.05) is 13.7 Å². The highest BCUT2D eigenvalue weighted by Gasteiger charge is 1.94. The number of carbonyl (C=O) groups excluding carboxylic acids is 1. The normalized spacial score (nSPS) is 8.82. The highest BCUT2D eigenvalue weighted by Crippen LogP contribution is 1.93. The lowest BCUT2D eigenvalue weighted by Gasteiger charge is -2.01. The van der Waals surface area contributed by atoms with Gasteiger partial charge < -0.3 is 10.1 Å². The maximum atomic E-state index is 10.5. The molecule has 0 aliphatic carbocycles. The van der Waals surface area contributed by atoms with Gasteiger partial charge in [-0.15, -0.1) is 6.58 Å². The summed E-state index contributed by atoms with van der Waals surface area (Å²) in [4.78, 5) is 10.5. The van der Waals surface area contributed by atoms with E-state index in [9.17, 15) is 4.79 Å². The van der Waals surface area contributed by atoms with Crippen molar-refractivity contribution in [1.29, 1.82) is 0 Å². The number of alkyl carbamates (subject to hydrolysis) is 1. The second-order valence-electron chi connectivity index (χ2n) is 2.20. The zero-order valence-electron chi connectivity index (χ0n) is 6.93. The minimum Gasteiger partial charge on any atom is -0.453 e. The molecule has 0 aliphatic heterocycles. The topological polar surface area (TPSA) is 38.3 Å². The highest BCUT2D eigenvalue weighted by molar-refractivity contribution is 5.66. The average Bonchev–Trinajstić information content (AvgIpc) is 2.04. The molecule has 1 N–H and O–H groups in total. The molecule has 0 saturated heterocycles. The Hall–Kier alpha value is -0.990. The summed E-state index contributed by atoms with van der Waals surface area (Å²) >= 11 is 0. The van der Waals surface area contributed by atoms with E-state index in [4.69, 9.17) is 0 Å². The van der Waals surface area contributed by atoms with Crippen LogP contribution in [0, 0.1) is 0 Å². The molecular weight excluding hydrogens is 142 g/mol. The van der Waals surface area contributed by atoms with Crippen LogP contribution in [0.15, 0.2) is 12.7 Å². The quantitative estimate of drug-likeness (QED) is 0.487. The summed E-state index contributed by atoms with van der Waals surface area (Å²) in [5, 5.41) is 2.60. The van der Waals surface area contributed by atoms with Gasteiger partial charge in [0.25, 0.3) is 0 Å². The van der Waals surface area contributed by atoms with Gasteiger partial charge in [0.1, 0.15) is 0 Å². The van der Waals surface area contributed by atoms with Crippen LogP contribution in [-0.2, 0) is 4.74 Å². The van der Waals surface area contributed by atoms with E-state index >= 15 is 0 Å². The lowest BCUT2D eigenvalue weighted by molar-refractivity contribution is 0.171. The molecule has 0 atom stereocenters. The first-order valence-corrected chi connectivity index (χ1v) is 3.74. The van der Waals surface area contributed by atoms with E-state index in [1.54, 1.807) is 0 Å². The molecular formula is C8H15NO2. The summed E-state index contributed by atoms with van der Waals surface area (Å²) in [6.07, 6.45) is 4.55. The fourth-order valence-corrected chi connectivity index (χ4v) is 0.676. The lowest BCUT2D eigenvalue weighted by atomic mass is 10.2. The number of carbonyl (C=O) groups is 1. The fourth-order valence-electron chi connectivity index (χ4n) is 0.676. The largest absolute Gasteiger partial charge is 0.453 e. The summed E-state index contributed by atoms with van der Waals surface area (Å²) in [6, 6.07) is 0. The maximum Gasteiger partial charge on any atom is 0.406 e. The second kappa shape index (κ2) is 7.12. The number of nitrogens with one attached hydrogen (secondary N) is 1. The number of ether oxygens (including phenoxy) is 1. The Bertz CT molecular complexity index is 123. The molecule has 0 aromatic heterocycles. The molecule has 0 bridgehead atoms. The molecule has 64 valence electrons. The molecule has 1 amide bonds. The van der Waals surface area contributed by atoms with Crippen molar-refractivity contribution in [3.8, 4) is 0 Å². The number of amides is 1. The van der Waals surface area contributed by atoms with Gasteiger partial charge in [0.05, 0.1) is 7.11 Å². The second-order valence-corrected chi connectivity index (χ2v) is 2.20. The van der Waals surface area contributed by atoms with E-state index < -0.39 is 0 Å². The van der Waals surface area contributed by atoms with Crippen LogP contribution in [0.25, 0.3) is 0 Å². The van der Waals surface area contributed by atoms with Gasteiger partial charge in [-0.3, -0.25) is 0 Å². The molecule has 0 aromatic carbocycles. The first-order valence-electron chi connectivity index (χ1n) is 3.74. The summed E-state index contributed by atoms with van der Waals surface area (Å²) in [7, 11) is 1.36. The third-order valence-electron chi connectivity index (χ3n) is 1.29. The van der Waals surface area contributed by atoms with Crippen molar-refractivity contribution in [2.24, 2.45) is 0 Å². The number of hydrogen-bond acceptors (Lipinski definition) is 2. The fraction of sp³-hybridized carbons (Fsp3) is 0.625. The molecule has 0 radical (unpaired) electrons. The molecule has 0 aliphatic rings. The van der Waals surface area contributed by atoms with Gasteiger partial charge in [0.15, 0.2) is 0 Å². The van der Waals surface area contributed by atoms with Crippen molar-refractivity contribution >= 4 is 6.09 Å². The first-order chi connectivity index (χ1) is 5.31. The highest BCUT2D eigenvalue weighted by atomic mass is 16.5. The third-order valence-corrected chi connectivity index (χ3v) is 1.29. The standard InChI is InChI=1S/C8H15NO2/c1-3-4-5-6-7-9-8(10)11-2/h3H,1,4-7H2,2H3,(H,9,10). The van der Waals surface area contributed by atoms with E-state index in [2.05, 4.69) is 16.6 Å². The van der Waals surface area contributed by atoms with Crippen LogP contribution in [0.2, 0.25) is 0 Å². The minimum absolute atomic E-state index is 0.358. The van der Waals surface area contributed by atoms with Crippen molar-refractivity contribution in [3.05, 3.63) is 12.7 Å². The first kappa shape index (κ1) is 10.0. The van der Waals surface area contributed by atoms with Crippen molar-refractivity contribution in [2.45, 2.75) is 19.3 Å². The van der Waals surface area contributed by atoms with E-state index in [-0.39, 0.29) is 6.09 Å². The van der Waals surface area contributed by atoms with Gasteiger partial charge in [-0.25, -0.2) is 4.79 Å². The SMILES string of the molecule is C=CCCCCNC(=O)OC. The van der Waals surface area contributed by atoms with Gasteiger partial charge in [-0.1, -0.05) is 6.08 Å². The van der Waals surface area contributed by atoms with Gasteiger partial charge in [0.2, 0.25) is 0 Å². The van der Waals surface area contributed by atoms with Crippen LogP contribution in [0.1, 0.15) is 19.3 Å². The Balaban J connectivity index is 3.01. The number of hydrogen-bond donors (Lipinski definition) is 1. The summed E-state index contributed by atoms with van der Waals surface area (Å²) in [6.45, 7) is 4.28. The predicted molar refractivity (Wildman–Crippen MR) is 44.5 cm³/mol. The Morgan fingerprint density at radius 2 is 2.36 bits per heavy atom. The molecule has 0 aromatic rings. The Morgan fingerprint density at radius 3 is 2.91 bits per heavy atom. The minimum atomic E-state index is -0.358. The van der Waals surface area contributed by atoms with E-state index in [1.807, 2.05) is 6.08 Å². The molecule has 0 spiro atoms. The summed E-state index contributed by atoms with van der Waals surface area (Å²) in [5.74, 6) is 0. The van der Waals surface area contributed by atoms with Gasteiger partial charge in [-0.2, -0.15) is 0 Å². The van der Waals surface area contributed by atoms with Crippen molar-refractivity contribution < 1.29 is 9.53 Å². The van der Waals surface area contributed by atoms with Gasteiger partial charge >= 0.3 is 6.09 Å². The maximum absolute atomic E-state index is 10.5. The van der Waals surface area contributed by atoms with Crippen LogP contribution in [-0.4, -0.2) is 19.7 Å². The van der Waals surface area contributed by atoms with Crippen LogP contribution in [0.3, 0.4) is 0 Å². The summed E-state index contributed by atoms with van der Waals surface area (Å²) < 4.78 is 4.39. The molecule has 0 unspecified atom stereocenters. The van der Waals surface area contributed by atoms with Crippen LogP contribution < -0.4 is 5.32 Å². The molecule has 0 rings (SSSR count). The zero-order chi connectivity index (χ0) is 8.53. The number of unbranched alkanes of at least 4 members (excludes halogenated alkanes) is 2. The van der Waals surface area contributed by atoms with Crippen LogP contribution >= 0.6 is 0 Å². The van der Waals surface area contributed by atoms with E-state index in [0.29, 0.717) is 6.54 Å². The number of allylic oxidation sites excluding steroid dienone is 1. The predicted octanol–water partition coefficient (Wildman–Crippen LogP) is 1.70. The molecule has 0 heterocycles. The Labute approximate surface area is 67.4 Å². The van der Waals surface area contributed by atoms with Crippen LogP contribution in [0.5, 0.6) is 0 Å². The average molecular weight is 157 g/mol.